The number of benzene rings is 1. The first-order chi connectivity index (χ1) is 13.2. The quantitative estimate of drug-likeness (QED) is 0.748. The Hall–Kier alpha value is -2.27. The van der Waals surface area contributed by atoms with Crippen molar-refractivity contribution in [3.63, 3.8) is 0 Å². The van der Waals surface area contributed by atoms with Gasteiger partial charge in [0.1, 0.15) is 5.82 Å². The average molecular weight is 369 g/mol. The Morgan fingerprint density at radius 2 is 2.11 bits per heavy atom. The number of pyridine rings is 1. The second-order valence-electron chi connectivity index (χ2n) is 7.27. The third-order valence-electron chi connectivity index (χ3n) is 5.28. The SMILES string of the molecule is CCN(CC1CCCN(CCc2cccc(F)c2)C1)C(=O)c1ccncc1. The van der Waals surface area contributed by atoms with Crippen molar-refractivity contribution < 1.29 is 9.18 Å². The Morgan fingerprint density at radius 1 is 1.30 bits per heavy atom. The van der Waals surface area contributed by atoms with Crippen LogP contribution in [0.15, 0.2) is 48.8 Å². The summed E-state index contributed by atoms with van der Waals surface area (Å²) in [6.45, 7) is 6.54. The molecule has 1 aliphatic heterocycles. The number of halogens is 1. The number of likely N-dealkylation sites (tertiary alicyclic amines) is 1. The lowest BCUT2D eigenvalue weighted by molar-refractivity contribution is 0.0690. The third-order valence-corrected chi connectivity index (χ3v) is 5.28. The van der Waals surface area contributed by atoms with Gasteiger partial charge in [-0.15, -0.1) is 0 Å². The maximum absolute atomic E-state index is 13.3. The lowest BCUT2D eigenvalue weighted by Crippen LogP contribution is -2.43. The van der Waals surface area contributed by atoms with Crippen molar-refractivity contribution >= 4 is 5.91 Å². The molecule has 1 unspecified atom stereocenters. The van der Waals surface area contributed by atoms with Crippen LogP contribution in [0.3, 0.4) is 0 Å². The maximum atomic E-state index is 13.3. The van der Waals surface area contributed by atoms with Crippen LogP contribution in [0.25, 0.3) is 0 Å². The van der Waals surface area contributed by atoms with Crippen molar-refractivity contribution in [2.45, 2.75) is 26.2 Å². The van der Waals surface area contributed by atoms with Gasteiger partial charge < -0.3 is 9.80 Å². The van der Waals surface area contributed by atoms with Gasteiger partial charge in [-0.2, -0.15) is 0 Å². The Bertz CT molecular complexity index is 737. The van der Waals surface area contributed by atoms with Gasteiger partial charge in [-0.1, -0.05) is 12.1 Å². The number of aromatic nitrogens is 1. The van der Waals surface area contributed by atoms with E-state index in [0.717, 1.165) is 51.0 Å². The molecular formula is C22H28FN3O. The molecule has 5 heteroatoms. The highest BCUT2D eigenvalue weighted by molar-refractivity contribution is 5.94. The van der Waals surface area contributed by atoms with Crippen LogP contribution in [0.1, 0.15) is 35.7 Å². The molecular weight excluding hydrogens is 341 g/mol. The highest BCUT2D eigenvalue weighted by atomic mass is 19.1. The Morgan fingerprint density at radius 3 is 2.85 bits per heavy atom. The van der Waals surface area contributed by atoms with Crippen LogP contribution in [0.4, 0.5) is 4.39 Å². The molecule has 2 aromatic rings. The molecule has 1 aromatic heterocycles. The van der Waals surface area contributed by atoms with Gasteiger partial charge in [0.2, 0.25) is 0 Å². The highest BCUT2D eigenvalue weighted by Crippen LogP contribution is 2.19. The van der Waals surface area contributed by atoms with E-state index in [4.69, 9.17) is 0 Å². The van der Waals surface area contributed by atoms with Crippen LogP contribution in [0.2, 0.25) is 0 Å². The van der Waals surface area contributed by atoms with Crippen molar-refractivity contribution in [3.8, 4) is 0 Å². The first kappa shape index (κ1) is 19.5. The fourth-order valence-corrected chi connectivity index (χ4v) is 3.83. The summed E-state index contributed by atoms with van der Waals surface area (Å²) in [5, 5.41) is 0. The number of nitrogens with zero attached hydrogens (tertiary/aromatic N) is 3. The van der Waals surface area contributed by atoms with Gasteiger partial charge in [0.05, 0.1) is 0 Å². The van der Waals surface area contributed by atoms with Gasteiger partial charge in [0.15, 0.2) is 0 Å². The molecule has 0 N–H and O–H groups in total. The van der Waals surface area contributed by atoms with Crippen molar-refractivity contribution in [1.82, 2.24) is 14.8 Å². The zero-order chi connectivity index (χ0) is 19.1. The van der Waals surface area contributed by atoms with Gasteiger partial charge in [0.25, 0.3) is 5.91 Å². The summed E-state index contributed by atoms with van der Waals surface area (Å²) in [5.41, 5.74) is 1.74. The lowest BCUT2D eigenvalue weighted by Gasteiger charge is -2.35. The van der Waals surface area contributed by atoms with Crippen molar-refractivity contribution in [2.75, 3.05) is 32.7 Å². The Labute approximate surface area is 161 Å². The molecule has 0 spiro atoms. The number of amides is 1. The Kier molecular flexibility index (Phi) is 6.93. The van der Waals surface area contributed by atoms with Crippen LogP contribution < -0.4 is 0 Å². The van der Waals surface area contributed by atoms with Crippen LogP contribution in [-0.2, 0) is 6.42 Å². The van der Waals surface area contributed by atoms with Crippen molar-refractivity contribution in [1.29, 1.82) is 0 Å². The van der Waals surface area contributed by atoms with E-state index in [0.29, 0.717) is 18.0 Å². The first-order valence-electron chi connectivity index (χ1n) is 9.82. The van der Waals surface area contributed by atoms with Crippen LogP contribution in [0, 0.1) is 11.7 Å². The topological polar surface area (TPSA) is 36.4 Å². The van der Waals surface area contributed by atoms with Gasteiger partial charge in [0, 0.05) is 44.1 Å². The molecule has 1 aliphatic rings. The molecule has 0 radical (unpaired) electrons. The number of carbonyl (C=O) groups is 1. The fraction of sp³-hybridized carbons (Fsp3) is 0.455. The first-order valence-corrected chi connectivity index (χ1v) is 9.82. The molecule has 1 amide bonds. The molecule has 1 atom stereocenters. The average Bonchev–Trinajstić information content (AvgIpc) is 2.71. The van der Waals surface area contributed by atoms with E-state index in [1.54, 1.807) is 36.7 Å². The largest absolute Gasteiger partial charge is 0.339 e. The van der Waals surface area contributed by atoms with Crippen LogP contribution in [-0.4, -0.2) is 53.4 Å². The summed E-state index contributed by atoms with van der Waals surface area (Å²) < 4.78 is 13.3. The van der Waals surface area contributed by atoms with Crippen LogP contribution in [0.5, 0.6) is 0 Å². The van der Waals surface area contributed by atoms with Crippen molar-refractivity contribution in [3.05, 3.63) is 65.7 Å². The van der Waals surface area contributed by atoms with Gasteiger partial charge in [-0.3, -0.25) is 9.78 Å². The van der Waals surface area contributed by atoms with Crippen LogP contribution >= 0.6 is 0 Å². The number of carbonyl (C=O) groups excluding carboxylic acids is 1. The third kappa shape index (κ3) is 5.60. The molecule has 4 nitrogen and oxygen atoms in total. The Balaban J connectivity index is 1.53. The summed E-state index contributed by atoms with van der Waals surface area (Å²) in [7, 11) is 0. The minimum Gasteiger partial charge on any atom is -0.339 e. The molecule has 0 aliphatic carbocycles. The maximum Gasteiger partial charge on any atom is 0.253 e. The monoisotopic (exact) mass is 369 g/mol. The molecule has 27 heavy (non-hydrogen) atoms. The zero-order valence-corrected chi connectivity index (χ0v) is 16.0. The number of piperidine rings is 1. The summed E-state index contributed by atoms with van der Waals surface area (Å²) in [5.74, 6) is 0.394. The molecule has 144 valence electrons. The van der Waals surface area contributed by atoms with Gasteiger partial charge in [-0.05, 0) is 68.5 Å². The predicted octanol–water partition coefficient (Wildman–Crippen LogP) is 3.64. The number of hydrogen-bond donors (Lipinski definition) is 0. The number of rotatable bonds is 7. The van der Waals surface area contributed by atoms with E-state index in [2.05, 4.69) is 9.88 Å². The summed E-state index contributed by atoms with van der Waals surface area (Å²) in [6, 6.07) is 10.4. The highest BCUT2D eigenvalue weighted by Gasteiger charge is 2.24. The minimum absolute atomic E-state index is 0.0804. The standard InChI is InChI=1S/C22H28FN3O/c1-2-26(22(27)20-8-11-24-12-9-20)17-19-6-4-13-25(16-19)14-10-18-5-3-7-21(23)15-18/h3,5,7-9,11-12,15,19H,2,4,6,10,13-14,16-17H2,1H3. The summed E-state index contributed by atoms with van der Waals surface area (Å²) >= 11 is 0. The fourth-order valence-electron chi connectivity index (χ4n) is 3.83. The van der Waals surface area contributed by atoms with E-state index in [-0.39, 0.29) is 11.7 Å². The van der Waals surface area contributed by atoms with E-state index >= 15 is 0 Å². The number of hydrogen-bond acceptors (Lipinski definition) is 3. The molecule has 0 saturated carbocycles. The molecule has 1 fully saturated rings. The normalized spacial score (nSPS) is 17.6. The van der Waals surface area contributed by atoms with E-state index in [9.17, 15) is 9.18 Å². The van der Waals surface area contributed by atoms with E-state index in [1.807, 2.05) is 17.9 Å². The second-order valence-corrected chi connectivity index (χ2v) is 7.27. The molecule has 0 bridgehead atoms. The van der Waals surface area contributed by atoms with E-state index in [1.165, 1.54) is 6.07 Å². The molecule has 1 saturated heterocycles. The second kappa shape index (κ2) is 9.60. The smallest absolute Gasteiger partial charge is 0.253 e. The molecule has 1 aromatic carbocycles. The molecule has 3 rings (SSSR count). The van der Waals surface area contributed by atoms with Gasteiger partial charge in [-0.25, -0.2) is 4.39 Å². The summed E-state index contributed by atoms with van der Waals surface area (Å²) in [6.07, 6.45) is 6.48. The summed E-state index contributed by atoms with van der Waals surface area (Å²) in [4.78, 5) is 21.1. The lowest BCUT2D eigenvalue weighted by atomic mass is 9.96. The zero-order valence-electron chi connectivity index (χ0n) is 16.0. The minimum atomic E-state index is -0.169. The van der Waals surface area contributed by atoms with Gasteiger partial charge >= 0.3 is 0 Å². The molecule has 2 heterocycles. The van der Waals surface area contributed by atoms with Crippen molar-refractivity contribution in [2.24, 2.45) is 5.92 Å². The predicted molar refractivity (Wildman–Crippen MR) is 105 cm³/mol. The van der Waals surface area contributed by atoms with E-state index < -0.39 is 0 Å².